The van der Waals surface area contributed by atoms with E-state index in [0.29, 0.717) is 10.8 Å². The van der Waals surface area contributed by atoms with E-state index in [-0.39, 0.29) is 23.0 Å². The van der Waals surface area contributed by atoms with E-state index in [1.54, 1.807) is 68.6 Å². The van der Waals surface area contributed by atoms with Gasteiger partial charge in [0.05, 0.1) is 17.7 Å². The SMILES string of the molecule is COc1ccc(CN(C(=O)CN(c2cccc(Cl)c2)S(=O)(=O)c2ccc(C)cc2)C(C)C(=O)NC(C)(C)C)cc1. The van der Waals surface area contributed by atoms with Gasteiger partial charge in [-0.3, -0.25) is 13.9 Å². The van der Waals surface area contributed by atoms with Crippen LogP contribution in [0, 0.1) is 6.92 Å². The fourth-order valence-corrected chi connectivity index (χ4v) is 5.57. The van der Waals surface area contributed by atoms with Gasteiger partial charge in [0, 0.05) is 17.1 Å². The van der Waals surface area contributed by atoms with E-state index in [9.17, 15) is 18.0 Å². The number of nitrogens with zero attached hydrogens (tertiary/aromatic N) is 2. The maximum Gasteiger partial charge on any atom is 0.264 e. The van der Waals surface area contributed by atoms with Gasteiger partial charge >= 0.3 is 0 Å². The summed E-state index contributed by atoms with van der Waals surface area (Å²) in [5.74, 6) is -0.260. The first-order valence-corrected chi connectivity index (χ1v) is 14.6. The fourth-order valence-electron chi connectivity index (χ4n) is 3.98. The second-order valence-corrected chi connectivity index (χ2v) is 12.9. The summed E-state index contributed by atoms with van der Waals surface area (Å²) in [5.41, 5.74) is 1.36. The van der Waals surface area contributed by atoms with Crippen molar-refractivity contribution in [2.75, 3.05) is 18.0 Å². The Kier molecular flexibility index (Phi) is 9.87. The first kappa shape index (κ1) is 31.0. The van der Waals surface area contributed by atoms with Gasteiger partial charge in [-0.15, -0.1) is 0 Å². The number of carbonyl (C=O) groups is 2. The molecule has 3 rings (SSSR count). The van der Waals surface area contributed by atoms with E-state index in [0.717, 1.165) is 15.4 Å². The van der Waals surface area contributed by atoms with Gasteiger partial charge in [-0.25, -0.2) is 8.42 Å². The van der Waals surface area contributed by atoms with Crippen molar-refractivity contribution in [3.63, 3.8) is 0 Å². The number of methoxy groups -OCH3 is 1. The number of aryl methyl sites for hydroxylation is 1. The van der Waals surface area contributed by atoms with Crippen molar-refractivity contribution in [3.05, 3.63) is 88.9 Å². The molecule has 1 atom stereocenters. The zero-order valence-corrected chi connectivity index (χ0v) is 25.2. The molecule has 40 heavy (non-hydrogen) atoms. The molecule has 1 unspecified atom stereocenters. The van der Waals surface area contributed by atoms with Crippen molar-refractivity contribution in [1.29, 1.82) is 0 Å². The predicted molar refractivity (Wildman–Crippen MR) is 158 cm³/mol. The Balaban J connectivity index is 2.03. The van der Waals surface area contributed by atoms with Crippen molar-refractivity contribution in [2.45, 2.75) is 57.6 Å². The normalized spacial score (nSPS) is 12.4. The van der Waals surface area contributed by atoms with E-state index < -0.39 is 34.1 Å². The van der Waals surface area contributed by atoms with Gasteiger partial charge < -0.3 is 15.0 Å². The Morgan fingerprint density at radius 2 is 1.62 bits per heavy atom. The van der Waals surface area contributed by atoms with Crippen molar-refractivity contribution >= 4 is 39.1 Å². The van der Waals surface area contributed by atoms with Crippen molar-refractivity contribution in [1.82, 2.24) is 10.2 Å². The molecular weight excluding hydrogens is 550 g/mol. The average Bonchev–Trinajstić information content (AvgIpc) is 2.89. The van der Waals surface area contributed by atoms with Crippen LogP contribution in [0.25, 0.3) is 0 Å². The number of nitrogens with one attached hydrogen (secondary N) is 1. The van der Waals surface area contributed by atoms with Gasteiger partial charge in [-0.05, 0) is 82.6 Å². The molecular formula is C30H36ClN3O5S. The van der Waals surface area contributed by atoms with E-state index in [1.807, 2.05) is 27.7 Å². The zero-order valence-electron chi connectivity index (χ0n) is 23.6. The number of hydrogen-bond acceptors (Lipinski definition) is 5. The fraction of sp³-hybridized carbons (Fsp3) is 0.333. The van der Waals surface area contributed by atoms with E-state index >= 15 is 0 Å². The molecule has 0 saturated carbocycles. The summed E-state index contributed by atoms with van der Waals surface area (Å²) in [6.45, 7) is 8.57. The molecule has 0 saturated heterocycles. The highest BCUT2D eigenvalue weighted by Gasteiger charge is 2.33. The van der Waals surface area contributed by atoms with Crippen molar-refractivity contribution < 1.29 is 22.7 Å². The summed E-state index contributed by atoms with van der Waals surface area (Å²) in [7, 11) is -2.60. The van der Waals surface area contributed by atoms with Crippen LogP contribution in [0.1, 0.15) is 38.8 Å². The number of carbonyl (C=O) groups excluding carboxylic acids is 2. The van der Waals surface area contributed by atoms with Crippen LogP contribution in [-0.4, -0.2) is 50.4 Å². The molecule has 0 bridgehead atoms. The summed E-state index contributed by atoms with van der Waals surface area (Å²) in [6.07, 6.45) is 0. The minimum Gasteiger partial charge on any atom is -0.497 e. The average molecular weight is 586 g/mol. The standard InChI is InChI=1S/C30H36ClN3O5S/c1-21-10-16-27(17-11-21)40(37,38)34(25-9-7-8-24(31)18-25)20-28(35)33(22(2)29(36)32-30(3,4)5)19-23-12-14-26(39-6)15-13-23/h7-18,22H,19-20H2,1-6H3,(H,32,36). The van der Waals surface area contributed by atoms with Crippen LogP contribution in [0.15, 0.2) is 77.7 Å². The van der Waals surface area contributed by atoms with Crippen molar-refractivity contribution in [2.24, 2.45) is 0 Å². The van der Waals surface area contributed by atoms with Crippen LogP contribution in [0.3, 0.4) is 0 Å². The van der Waals surface area contributed by atoms with Crippen LogP contribution < -0.4 is 14.4 Å². The summed E-state index contributed by atoms with van der Waals surface area (Å²) in [6, 6.07) is 18.9. The molecule has 8 nitrogen and oxygen atoms in total. The molecule has 3 aromatic carbocycles. The summed E-state index contributed by atoms with van der Waals surface area (Å²) < 4.78 is 34.0. The maximum absolute atomic E-state index is 14.0. The lowest BCUT2D eigenvalue weighted by atomic mass is 10.1. The molecule has 0 aliphatic carbocycles. The number of rotatable bonds is 10. The minimum absolute atomic E-state index is 0.0334. The third-order valence-corrected chi connectivity index (χ3v) is 8.18. The molecule has 10 heteroatoms. The Labute approximate surface area is 241 Å². The molecule has 0 aromatic heterocycles. The Hall–Kier alpha value is -3.56. The molecule has 0 fully saturated rings. The Morgan fingerprint density at radius 1 is 1.00 bits per heavy atom. The first-order chi connectivity index (χ1) is 18.7. The smallest absolute Gasteiger partial charge is 0.264 e. The zero-order chi connectivity index (χ0) is 29.7. The van der Waals surface area contributed by atoms with Gasteiger partial charge in [0.15, 0.2) is 0 Å². The van der Waals surface area contributed by atoms with Crippen LogP contribution in [-0.2, 0) is 26.2 Å². The van der Waals surface area contributed by atoms with Crippen LogP contribution in [0.2, 0.25) is 5.02 Å². The highest BCUT2D eigenvalue weighted by molar-refractivity contribution is 7.92. The Morgan fingerprint density at radius 3 is 2.17 bits per heavy atom. The third kappa shape index (κ3) is 7.99. The second-order valence-electron chi connectivity index (χ2n) is 10.6. The van der Waals surface area contributed by atoms with E-state index in [1.165, 1.54) is 23.1 Å². The summed E-state index contributed by atoms with van der Waals surface area (Å²) in [4.78, 5) is 28.6. The number of hydrogen-bond donors (Lipinski definition) is 1. The number of ether oxygens (including phenoxy) is 1. The molecule has 214 valence electrons. The summed E-state index contributed by atoms with van der Waals surface area (Å²) in [5, 5.41) is 3.23. The monoisotopic (exact) mass is 585 g/mol. The van der Waals surface area contributed by atoms with Crippen LogP contribution in [0.5, 0.6) is 5.75 Å². The van der Waals surface area contributed by atoms with Crippen LogP contribution in [0.4, 0.5) is 5.69 Å². The van der Waals surface area contributed by atoms with E-state index in [2.05, 4.69) is 5.32 Å². The van der Waals surface area contributed by atoms with E-state index in [4.69, 9.17) is 16.3 Å². The molecule has 1 N–H and O–H groups in total. The largest absolute Gasteiger partial charge is 0.497 e. The molecule has 0 aliphatic rings. The first-order valence-electron chi connectivity index (χ1n) is 12.8. The minimum atomic E-state index is -4.16. The number of amides is 2. The molecule has 0 radical (unpaired) electrons. The van der Waals surface area contributed by atoms with Gasteiger partial charge in [0.1, 0.15) is 18.3 Å². The molecule has 3 aromatic rings. The lowest BCUT2D eigenvalue weighted by Crippen LogP contribution is -2.54. The van der Waals surface area contributed by atoms with Crippen molar-refractivity contribution in [3.8, 4) is 5.75 Å². The molecule has 0 heterocycles. The molecule has 0 spiro atoms. The Bertz CT molecular complexity index is 1440. The second kappa shape index (κ2) is 12.7. The highest BCUT2D eigenvalue weighted by atomic mass is 35.5. The topological polar surface area (TPSA) is 96.0 Å². The quantitative estimate of drug-likeness (QED) is 0.353. The molecule has 2 amide bonds. The lowest BCUT2D eigenvalue weighted by molar-refractivity contribution is -0.140. The highest BCUT2D eigenvalue weighted by Crippen LogP contribution is 2.27. The number of benzene rings is 3. The predicted octanol–water partition coefficient (Wildman–Crippen LogP) is 5.18. The number of sulfonamides is 1. The maximum atomic E-state index is 14.0. The van der Waals surface area contributed by atoms with Crippen LogP contribution >= 0.6 is 11.6 Å². The number of anilines is 1. The summed E-state index contributed by atoms with van der Waals surface area (Å²) >= 11 is 6.21. The lowest BCUT2D eigenvalue weighted by Gasteiger charge is -2.33. The molecule has 0 aliphatic heterocycles. The van der Waals surface area contributed by atoms with Gasteiger partial charge in [0.25, 0.3) is 10.0 Å². The van der Waals surface area contributed by atoms with Gasteiger partial charge in [0.2, 0.25) is 11.8 Å². The third-order valence-electron chi connectivity index (χ3n) is 6.16. The number of halogens is 1. The van der Waals surface area contributed by atoms with Gasteiger partial charge in [-0.2, -0.15) is 0 Å². The van der Waals surface area contributed by atoms with Gasteiger partial charge in [-0.1, -0.05) is 47.5 Å².